The molecule has 6 nitrogen and oxygen atoms in total. The zero-order valence-corrected chi connectivity index (χ0v) is 12.6. The molecule has 1 aromatic rings. The van der Waals surface area contributed by atoms with Crippen molar-refractivity contribution in [2.24, 2.45) is 5.73 Å². The maximum Gasteiger partial charge on any atom is 0.343 e. The molecule has 0 aromatic heterocycles. The molecule has 0 bridgehead atoms. The van der Waals surface area contributed by atoms with Crippen LogP contribution >= 0.6 is 0 Å². The smallest absolute Gasteiger partial charge is 0.343 e. The van der Waals surface area contributed by atoms with Crippen molar-refractivity contribution in [1.82, 2.24) is 0 Å². The molecule has 1 amide bonds. The summed E-state index contributed by atoms with van der Waals surface area (Å²) in [5, 5.41) is 2.83. The summed E-state index contributed by atoms with van der Waals surface area (Å²) in [6.07, 6.45) is 1.03. The van der Waals surface area contributed by atoms with Crippen LogP contribution in [-0.4, -0.2) is 31.6 Å². The van der Waals surface area contributed by atoms with Gasteiger partial charge in [-0.15, -0.1) is 0 Å². The first-order chi connectivity index (χ1) is 9.92. The minimum absolute atomic E-state index is 0.00550. The van der Waals surface area contributed by atoms with Crippen LogP contribution in [0.3, 0.4) is 0 Å². The zero-order valence-electron chi connectivity index (χ0n) is 12.6. The summed E-state index contributed by atoms with van der Waals surface area (Å²) in [5.74, 6) is 0.0334. The molecule has 1 unspecified atom stereocenters. The van der Waals surface area contributed by atoms with Crippen LogP contribution in [0.15, 0.2) is 18.2 Å². The molecular weight excluding hydrogens is 272 g/mol. The Kier molecular flexibility index (Phi) is 6.68. The summed E-state index contributed by atoms with van der Waals surface area (Å²) >= 11 is 0. The third kappa shape index (κ3) is 6.27. The first-order valence-corrected chi connectivity index (χ1v) is 6.78. The van der Waals surface area contributed by atoms with E-state index >= 15 is 0 Å². The van der Waals surface area contributed by atoms with Crippen LogP contribution in [0.5, 0.6) is 5.75 Å². The molecule has 3 N–H and O–H groups in total. The molecule has 21 heavy (non-hydrogen) atoms. The molecule has 1 aromatic carbocycles. The minimum Gasteiger partial charge on any atom is -0.482 e. The Hall–Kier alpha value is -2.08. The molecule has 0 saturated heterocycles. The predicted octanol–water partition coefficient (Wildman–Crippen LogP) is 1.61. The molecule has 0 radical (unpaired) electrons. The number of carbonyl (C=O) groups excluding carboxylic acids is 2. The van der Waals surface area contributed by atoms with Crippen molar-refractivity contribution in [3.05, 3.63) is 23.8 Å². The number of esters is 1. The molecule has 6 heteroatoms. The van der Waals surface area contributed by atoms with E-state index in [0.717, 1.165) is 11.3 Å². The van der Waals surface area contributed by atoms with E-state index in [0.29, 0.717) is 18.6 Å². The van der Waals surface area contributed by atoms with E-state index in [4.69, 9.17) is 10.5 Å². The molecule has 0 fully saturated rings. The average molecular weight is 294 g/mol. The molecular formula is C15H22N2O4. The second kappa shape index (κ2) is 8.26. The fraction of sp³-hybridized carbons (Fsp3) is 0.467. The van der Waals surface area contributed by atoms with Gasteiger partial charge in [-0.3, -0.25) is 4.79 Å². The highest BCUT2D eigenvalue weighted by Gasteiger charge is 2.08. The number of ether oxygens (including phenoxy) is 2. The highest BCUT2D eigenvalue weighted by atomic mass is 16.6. The number of benzene rings is 1. The molecule has 0 aliphatic rings. The van der Waals surface area contributed by atoms with Crippen molar-refractivity contribution >= 4 is 17.6 Å². The summed E-state index contributed by atoms with van der Waals surface area (Å²) in [4.78, 5) is 22.7. The summed E-state index contributed by atoms with van der Waals surface area (Å²) in [7, 11) is 1.30. The Morgan fingerprint density at radius 2 is 2.10 bits per heavy atom. The maximum absolute atomic E-state index is 11.7. The van der Waals surface area contributed by atoms with Gasteiger partial charge in [0.25, 0.3) is 0 Å². The van der Waals surface area contributed by atoms with Gasteiger partial charge in [-0.1, -0.05) is 0 Å². The van der Waals surface area contributed by atoms with Crippen LogP contribution < -0.4 is 15.8 Å². The molecule has 0 heterocycles. The topological polar surface area (TPSA) is 90.6 Å². The average Bonchev–Trinajstić information content (AvgIpc) is 2.45. The van der Waals surface area contributed by atoms with Gasteiger partial charge < -0.3 is 20.5 Å². The van der Waals surface area contributed by atoms with E-state index in [2.05, 4.69) is 10.1 Å². The first-order valence-electron chi connectivity index (χ1n) is 6.78. The number of amides is 1. The highest BCUT2D eigenvalue weighted by molar-refractivity contribution is 5.91. The predicted molar refractivity (Wildman–Crippen MR) is 80.2 cm³/mol. The van der Waals surface area contributed by atoms with Gasteiger partial charge in [0, 0.05) is 18.2 Å². The van der Waals surface area contributed by atoms with Gasteiger partial charge in [0.05, 0.1) is 7.11 Å². The normalized spacial score (nSPS) is 11.6. The van der Waals surface area contributed by atoms with Crippen molar-refractivity contribution in [3.8, 4) is 5.75 Å². The van der Waals surface area contributed by atoms with E-state index in [-0.39, 0.29) is 18.6 Å². The molecule has 0 aliphatic heterocycles. The van der Waals surface area contributed by atoms with Crippen LogP contribution in [0.25, 0.3) is 0 Å². The third-order valence-electron chi connectivity index (χ3n) is 2.88. The lowest BCUT2D eigenvalue weighted by Crippen LogP contribution is -2.19. The number of nitrogens with one attached hydrogen (secondary N) is 1. The van der Waals surface area contributed by atoms with Crippen LogP contribution in [-0.2, 0) is 14.3 Å². The maximum atomic E-state index is 11.7. The number of nitrogens with two attached hydrogens (primary N) is 1. The molecule has 0 spiro atoms. The lowest BCUT2D eigenvalue weighted by Gasteiger charge is -2.11. The van der Waals surface area contributed by atoms with Crippen molar-refractivity contribution in [2.45, 2.75) is 32.7 Å². The van der Waals surface area contributed by atoms with Crippen LogP contribution in [0.4, 0.5) is 5.69 Å². The number of hydrogen-bond acceptors (Lipinski definition) is 5. The summed E-state index contributed by atoms with van der Waals surface area (Å²) in [5.41, 5.74) is 7.19. The van der Waals surface area contributed by atoms with Crippen LogP contribution in [0.2, 0.25) is 0 Å². The van der Waals surface area contributed by atoms with E-state index in [1.165, 1.54) is 7.11 Å². The highest BCUT2D eigenvalue weighted by Crippen LogP contribution is 2.21. The van der Waals surface area contributed by atoms with Gasteiger partial charge in [0.15, 0.2) is 6.61 Å². The lowest BCUT2D eigenvalue weighted by molar-refractivity contribution is -0.142. The Bertz CT molecular complexity index is 500. The Balaban J connectivity index is 2.57. The van der Waals surface area contributed by atoms with E-state index in [1.807, 2.05) is 13.8 Å². The van der Waals surface area contributed by atoms with Crippen LogP contribution in [0.1, 0.15) is 25.3 Å². The summed E-state index contributed by atoms with van der Waals surface area (Å²) in [6, 6.07) is 5.19. The fourth-order valence-electron chi connectivity index (χ4n) is 1.64. The van der Waals surface area contributed by atoms with Gasteiger partial charge in [0.1, 0.15) is 5.75 Å². The Morgan fingerprint density at radius 1 is 1.38 bits per heavy atom. The van der Waals surface area contributed by atoms with Gasteiger partial charge in [-0.05, 0) is 44.0 Å². The van der Waals surface area contributed by atoms with Gasteiger partial charge >= 0.3 is 5.97 Å². The van der Waals surface area contributed by atoms with E-state index in [1.54, 1.807) is 18.2 Å². The largest absolute Gasteiger partial charge is 0.482 e. The Morgan fingerprint density at radius 3 is 2.67 bits per heavy atom. The van der Waals surface area contributed by atoms with Gasteiger partial charge in [-0.2, -0.15) is 0 Å². The van der Waals surface area contributed by atoms with Crippen LogP contribution in [0, 0.1) is 6.92 Å². The van der Waals surface area contributed by atoms with Gasteiger partial charge in [0.2, 0.25) is 5.91 Å². The monoisotopic (exact) mass is 294 g/mol. The van der Waals surface area contributed by atoms with E-state index in [9.17, 15) is 9.59 Å². The number of rotatable bonds is 7. The first kappa shape index (κ1) is 17.0. The quantitative estimate of drug-likeness (QED) is 0.746. The standard InChI is InChI=1S/C15H22N2O4/c1-10-8-12(21-9-15(19)20-3)5-6-13(10)17-14(18)7-4-11(2)16/h5-6,8,11H,4,7,9,16H2,1-3H3,(H,17,18). The second-order valence-electron chi connectivity index (χ2n) is 4.91. The van der Waals surface area contributed by atoms with E-state index < -0.39 is 5.97 Å². The number of anilines is 1. The summed E-state index contributed by atoms with van der Waals surface area (Å²) in [6.45, 7) is 3.58. The molecule has 0 aliphatic carbocycles. The number of methoxy groups -OCH3 is 1. The lowest BCUT2D eigenvalue weighted by atomic mass is 10.1. The summed E-state index contributed by atoms with van der Waals surface area (Å²) < 4.78 is 9.77. The van der Waals surface area contributed by atoms with Crippen molar-refractivity contribution in [2.75, 3.05) is 19.0 Å². The SMILES string of the molecule is COC(=O)COc1ccc(NC(=O)CCC(C)N)c(C)c1. The molecule has 1 rings (SSSR count). The van der Waals surface area contributed by atoms with Crippen molar-refractivity contribution in [1.29, 1.82) is 0 Å². The van der Waals surface area contributed by atoms with Crippen molar-refractivity contribution < 1.29 is 19.1 Å². The third-order valence-corrected chi connectivity index (χ3v) is 2.88. The fourth-order valence-corrected chi connectivity index (χ4v) is 1.64. The number of carbonyl (C=O) groups is 2. The molecule has 116 valence electrons. The second-order valence-corrected chi connectivity index (χ2v) is 4.91. The minimum atomic E-state index is -0.444. The van der Waals surface area contributed by atoms with Crippen molar-refractivity contribution in [3.63, 3.8) is 0 Å². The zero-order chi connectivity index (χ0) is 15.8. The number of hydrogen-bond donors (Lipinski definition) is 2. The number of aryl methyl sites for hydroxylation is 1. The van der Waals surface area contributed by atoms with Gasteiger partial charge in [-0.25, -0.2) is 4.79 Å². The Labute approximate surface area is 124 Å². The molecule has 0 saturated carbocycles. The molecule has 1 atom stereocenters.